The van der Waals surface area contributed by atoms with Crippen LogP contribution in [0.2, 0.25) is 0 Å². The highest BCUT2D eigenvalue weighted by Crippen LogP contribution is 2.30. The molecule has 4 aromatic rings. The number of H-pyrrole nitrogens is 1. The van der Waals surface area contributed by atoms with Crippen LogP contribution in [0.5, 0.6) is 0 Å². The molecule has 1 aliphatic rings. The number of hydrogen-bond donors (Lipinski definition) is 4. The number of aliphatic carboxylic acids is 1. The Labute approximate surface area is 226 Å². The number of nitrogens with zero attached hydrogens (tertiary/aromatic N) is 1. The maximum atomic E-state index is 12.5. The summed E-state index contributed by atoms with van der Waals surface area (Å²) in [5, 5.41) is 13.0. The number of aromatic amines is 1. The largest absolute Gasteiger partial charge is 0.490 e. The summed E-state index contributed by atoms with van der Waals surface area (Å²) >= 11 is 0. The van der Waals surface area contributed by atoms with Crippen molar-refractivity contribution in [3.63, 3.8) is 0 Å². The van der Waals surface area contributed by atoms with Crippen molar-refractivity contribution >= 4 is 29.5 Å². The van der Waals surface area contributed by atoms with Crippen molar-refractivity contribution < 1.29 is 32.7 Å². The van der Waals surface area contributed by atoms with Crippen LogP contribution >= 0.6 is 0 Å². The fourth-order valence-corrected chi connectivity index (χ4v) is 3.92. The van der Waals surface area contributed by atoms with E-state index in [2.05, 4.69) is 20.6 Å². The molecule has 1 aliphatic heterocycles. The number of pyridine rings is 1. The zero-order chi connectivity index (χ0) is 28.7. The zero-order valence-electron chi connectivity index (χ0n) is 20.8. The molecular weight excluding hydrogens is 525 g/mol. The molecule has 0 saturated carbocycles. The Kier molecular flexibility index (Phi) is 8.43. The monoisotopic (exact) mass is 548 g/mol. The van der Waals surface area contributed by atoms with Crippen LogP contribution in [0.25, 0.3) is 28.6 Å². The SMILES string of the molecule is O=C(/C=C/c1ccccc1)Nc1ccccc1-c1cc(-c2cc3c([nH]2)CCNC3=O)ccn1.O=C(O)C(F)(F)F. The van der Waals surface area contributed by atoms with Gasteiger partial charge in [0.2, 0.25) is 5.91 Å². The highest BCUT2D eigenvalue weighted by molar-refractivity contribution is 6.04. The highest BCUT2D eigenvalue weighted by Gasteiger charge is 2.38. The molecule has 0 bridgehead atoms. The third-order valence-electron chi connectivity index (χ3n) is 5.81. The Morgan fingerprint density at radius 2 is 1.68 bits per heavy atom. The average molecular weight is 549 g/mol. The maximum absolute atomic E-state index is 12.5. The molecule has 4 N–H and O–H groups in total. The van der Waals surface area contributed by atoms with E-state index in [9.17, 15) is 22.8 Å². The third-order valence-corrected chi connectivity index (χ3v) is 5.81. The van der Waals surface area contributed by atoms with Gasteiger partial charge in [0.15, 0.2) is 0 Å². The number of carboxylic acids is 1. The molecule has 5 rings (SSSR count). The number of benzene rings is 2. The van der Waals surface area contributed by atoms with Gasteiger partial charge in [0.25, 0.3) is 5.91 Å². The van der Waals surface area contributed by atoms with Crippen LogP contribution in [0.3, 0.4) is 0 Å². The number of para-hydroxylation sites is 1. The molecule has 0 radical (unpaired) electrons. The summed E-state index contributed by atoms with van der Waals surface area (Å²) in [6, 6.07) is 23.0. The van der Waals surface area contributed by atoms with E-state index in [1.54, 1.807) is 12.3 Å². The molecule has 0 unspecified atom stereocenters. The molecule has 0 spiro atoms. The van der Waals surface area contributed by atoms with Crippen LogP contribution in [0, 0.1) is 0 Å². The number of fused-ring (bicyclic) bond motifs is 1. The number of nitrogens with one attached hydrogen (secondary N) is 3. The Hall–Kier alpha value is -5.19. The summed E-state index contributed by atoms with van der Waals surface area (Å²) < 4.78 is 31.7. The van der Waals surface area contributed by atoms with E-state index in [1.165, 1.54) is 6.08 Å². The van der Waals surface area contributed by atoms with Crippen molar-refractivity contribution in [1.29, 1.82) is 0 Å². The van der Waals surface area contributed by atoms with Gasteiger partial charge in [0, 0.05) is 47.8 Å². The van der Waals surface area contributed by atoms with Crippen molar-refractivity contribution in [2.75, 3.05) is 11.9 Å². The zero-order valence-corrected chi connectivity index (χ0v) is 20.8. The van der Waals surface area contributed by atoms with Crippen molar-refractivity contribution in [2.24, 2.45) is 0 Å². The van der Waals surface area contributed by atoms with Gasteiger partial charge in [-0.3, -0.25) is 14.6 Å². The van der Waals surface area contributed by atoms with Gasteiger partial charge in [0.05, 0.1) is 16.9 Å². The number of anilines is 1. The Morgan fingerprint density at radius 1 is 0.975 bits per heavy atom. The summed E-state index contributed by atoms with van der Waals surface area (Å²) in [7, 11) is 0. The molecule has 0 atom stereocenters. The molecule has 2 aromatic heterocycles. The van der Waals surface area contributed by atoms with E-state index in [0.717, 1.165) is 40.2 Å². The lowest BCUT2D eigenvalue weighted by atomic mass is 10.0. The second-order valence-electron chi connectivity index (χ2n) is 8.59. The van der Waals surface area contributed by atoms with Crippen LogP contribution in [-0.2, 0) is 16.0 Å². The highest BCUT2D eigenvalue weighted by atomic mass is 19.4. The summed E-state index contributed by atoms with van der Waals surface area (Å²) in [6.45, 7) is 0.638. The van der Waals surface area contributed by atoms with E-state index in [-0.39, 0.29) is 11.8 Å². The first-order chi connectivity index (χ1) is 19.1. The number of hydrogen-bond acceptors (Lipinski definition) is 4. The van der Waals surface area contributed by atoms with E-state index < -0.39 is 12.1 Å². The maximum Gasteiger partial charge on any atom is 0.490 e. The van der Waals surface area contributed by atoms with Crippen molar-refractivity contribution in [2.45, 2.75) is 12.6 Å². The van der Waals surface area contributed by atoms with Crippen LogP contribution in [0.15, 0.2) is 85.1 Å². The number of halogens is 3. The first-order valence-electron chi connectivity index (χ1n) is 12.0. The number of amides is 2. The number of carboxylic acid groups (broad SMARTS) is 1. The molecule has 0 saturated heterocycles. The topological polar surface area (TPSA) is 124 Å². The number of aromatic nitrogens is 2. The Morgan fingerprint density at radius 3 is 2.38 bits per heavy atom. The normalized spacial score (nSPS) is 12.6. The van der Waals surface area contributed by atoms with E-state index in [0.29, 0.717) is 17.8 Å². The van der Waals surface area contributed by atoms with Gasteiger partial charge in [0.1, 0.15) is 0 Å². The van der Waals surface area contributed by atoms with Crippen LogP contribution < -0.4 is 10.6 Å². The first-order valence-corrected chi connectivity index (χ1v) is 12.0. The lowest BCUT2D eigenvalue weighted by Gasteiger charge is -2.11. The quantitative estimate of drug-likeness (QED) is 0.252. The average Bonchev–Trinajstić information content (AvgIpc) is 3.39. The Balaban J connectivity index is 0.000000470. The summed E-state index contributed by atoms with van der Waals surface area (Å²) in [5.74, 6) is -3.03. The summed E-state index contributed by atoms with van der Waals surface area (Å²) in [4.78, 5) is 41.5. The number of carbonyl (C=O) groups excluding carboxylic acids is 2. The van der Waals surface area contributed by atoms with Gasteiger partial charge in [-0.1, -0.05) is 48.5 Å². The van der Waals surface area contributed by atoms with Crippen LogP contribution in [-0.4, -0.2) is 45.6 Å². The molecule has 0 aliphatic carbocycles. The molecule has 2 aromatic carbocycles. The summed E-state index contributed by atoms with van der Waals surface area (Å²) in [5.41, 5.74) is 6.60. The standard InChI is InChI=1S/C27H22N4O2.C2HF3O2/c32-26(11-10-18-6-2-1-3-7-18)31-22-9-5-4-8-20(22)25-16-19(12-14-28-25)24-17-21-23(30-24)13-15-29-27(21)33;3-2(4,5)1(6)7/h1-12,14,16-17,30H,13,15H2,(H,29,33)(H,31,32);(H,6,7)/b11-10+;. The lowest BCUT2D eigenvalue weighted by Crippen LogP contribution is -2.31. The van der Waals surface area contributed by atoms with Crippen LogP contribution in [0.1, 0.15) is 21.6 Å². The van der Waals surface area contributed by atoms with Gasteiger partial charge in [-0.15, -0.1) is 0 Å². The van der Waals surface area contributed by atoms with Crippen LogP contribution in [0.4, 0.5) is 18.9 Å². The van der Waals surface area contributed by atoms with E-state index >= 15 is 0 Å². The minimum Gasteiger partial charge on any atom is -0.475 e. The van der Waals surface area contributed by atoms with Crippen molar-refractivity contribution in [1.82, 2.24) is 15.3 Å². The number of carbonyl (C=O) groups is 3. The third kappa shape index (κ3) is 7.01. The van der Waals surface area contributed by atoms with Gasteiger partial charge in [-0.2, -0.15) is 13.2 Å². The predicted molar refractivity (Wildman–Crippen MR) is 143 cm³/mol. The molecular formula is C29H23F3N4O4. The minimum absolute atomic E-state index is 0.0513. The fraction of sp³-hybridized carbons (Fsp3) is 0.103. The lowest BCUT2D eigenvalue weighted by molar-refractivity contribution is -0.192. The molecule has 40 heavy (non-hydrogen) atoms. The molecule has 3 heterocycles. The predicted octanol–water partition coefficient (Wildman–Crippen LogP) is 5.31. The molecule has 11 heteroatoms. The van der Waals surface area contributed by atoms with Gasteiger partial charge in [-0.05, 0) is 35.9 Å². The van der Waals surface area contributed by atoms with Crippen molar-refractivity contribution in [3.05, 3.63) is 102 Å². The smallest absolute Gasteiger partial charge is 0.475 e. The summed E-state index contributed by atoms with van der Waals surface area (Å²) in [6.07, 6.45) is 0.729. The van der Waals surface area contributed by atoms with Gasteiger partial charge in [-0.25, -0.2) is 4.79 Å². The fourth-order valence-electron chi connectivity index (χ4n) is 3.92. The molecule has 8 nitrogen and oxygen atoms in total. The molecule has 0 fully saturated rings. The second-order valence-corrected chi connectivity index (χ2v) is 8.59. The molecule has 204 valence electrons. The minimum atomic E-state index is -5.08. The van der Waals surface area contributed by atoms with E-state index in [1.807, 2.05) is 72.8 Å². The number of rotatable bonds is 5. The first kappa shape index (κ1) is 27.8. The second kappa shape index (κ2) is 12.1. The van der Waals surface area contributed by atoms with E-state index in [4.69, 9.17) is 9.90 Å². The molecule has 2 amide bonds. The van der Waals surface area contributed by atoms with Gasteiger partial charge >= 0.3 is 12.1 Å². The van der Waals surface area contributed by atoms with Gasteiger partial charge < -0.3 is 20.7 Å². The van der Waals surface area contributed by atoms with Crippen molar-refractivity contribution in [3.8, 4) is 22.5 Å². The number of alkyl halides is 3. The Bertz CT molecular complexity index is 1560.